The molecule has 92 valence electrons. The fourth-order valence-electron chi connectivity index (χ4n) is 1.38. The molecule has 1 heterocycles. The van der Waals surface area contributed by atoms with Gasteiger partial charge in [-0.3, -0.25) is 9.59 Å². The van der Waals surface area contributed by atoms with Crippen molar-refractivity contribution in [3.63, 3.8) is 0 Å². The number of phenols is 1. The number of rotatable bonds is 2. The first-order chi connectivity index (χ1) is 8.58. The van der Waals surface area contributed by atoms with E-state index in [0.29, 0.717) is 5.69 Å². The number of carbonyl (C=O) groups is 1. The van der Waals surface area contributed by atoms with Crippen LogP contribution in [0.2, 0.25) is 5.02 Å². The molecule has 5 nitrogen and oxygen atoms in total. The molecule has 1 amide bonds. The number of anilines is 1. The van der Waals surface area contributed by atoms with Crippen molar-refractivity contribution in [1.82, 2.24) is 4.98 Å². The smallest absolute Gasteiger partial charge is 0.261 e. The first-order valence-electron chi connectivity index (χ1n) is 5.05. The normalized spacial score (nSPS) is 10.1. The molecule has 1 aromatic heterocycles. The van der Waals surface area contributed by atoms with Crippen molar-refractivity contribution in [1.29, 1.82) is 0 Å². The van der Waals surface area contributed by atoms with Gasteiger partial charge in [0.15, 0.2) is 5.43 Å². The molecule has 6 heteroatoms. The van der Waals surface area contributed by atoms with Crippen molar-refractivity contribution in [3.05, 3.63) is 57.5 Å². The van der Waals surface area contributed by atoms with Crippen LogP contribution in [-0.4, -0.2) is 16.0 Å². The number of hydrogen-bond acceptors (Lipinski definition) is 3. The summed E-state index contributed by atoms with van der Waals surface area (Å²) in [7, 11) is 0. The van der Waals surface area contributed by atoms with Crippen LogP contribution in [0.1, 0.15) is 10.4 Å². The number of phenolic OH excluding ortho intramolecular Hbond substituents is 1. The third-order valence-corrected chi connectivity index (χ3v) is 2.58. The Morgan fingerprint density at radius 3 is 2.78 bits per heavy atom. The van der Waals surface area contributed by atoms with E-state index in [1.165, 1.54) is 36.7 Å². The Labute approximate surface area is 107 Å². The van der Waals surface area contributed by atoms with Gasteiger partial charge in [-0.2, -0.15) is 0 Å². The maximum atomic E-state index is 11.8. The van der Waals surface area contributed by atoms with E-state index in [4.69, 9.17) is 11.6 Å². The average molecular weight is 265 g/mol. The molecule has 2 aromatic rings. The van der Waals surface area contributed by atoms with E-state index in [9.17, 15) is 14.7 Å². The second kappa shape index (κ2) is 4.93. The second-order valence-electron chi connectivity index (χ2n) is 3.54. The number of hydrogen-bond donors (Lipinski definition) is 3. The molecule has 0 aliphatic carbocycles. The van der Waals surface area contributed by atoms with Gasteiger partial charge < -0.3 is 15.4 Å². The number of aromatic amines is 1. The largest absolute Gasteiger partial charge is 0.506 e. The molecule has 0 spiro atoms. The third-order valence-electron chi connectivity index (χ3n) is 2.27. The van der Waals surface area contributed by atoms with Gasteiger partial charge in [-0.15, -0.1) is 0 Å². The number of amides is 1. The molecule has 0 radical (unpaired) electrons. The Kier molecular flexibility index (Phi) is 3.34. The zero-order valence-electron chi connectivity index (χ0n) is 9.11. The lowest BCUT2D eigenvalue weighted by molar-refractivity contribution is 0.102. The van der Waals surface area contributed by atoms with Crippen LogP contribution < -0.4 is 10.7 Å². The summed E-state index contributed by atoms with van der Waals surface area (Å²) in [5.74, 6) is -0.620. The average Bonchev–Trinajstić information content (AvgIpc) is 2.34. The lowest BCUT2D eigenvalue weighted by Crippen LogP contribution is -2.20. The predicted octanol–water partition coefficient (Wildman–Crippen LogP) is 1.99. The Bertz CT molecular complexity index is 652. The number of carbonyl (C=O) groups excluding carboxylic acids is 1. The van der Waals surface area contributed by atoms with Crippen LogP contribution in [0.3, 0.4) is 0 Å². The summed E-state index contributed by atoms with van der Waals surface area (Å²) < 4.78 is 0. The molecule has 2 rings (SSSR count). The molecule has 0 bridgehead atoms. The molecule has 0 aliphatic heterocycles. The highest BCUT2D eigenvalue weighted by atomic mass is 35.5. The van der Waals surface area contributed by atoms with Crippen LogP contribution in [0.5, 0.6) is 5.75 Å². The van der Waals surface area contributed by atoms with E-state index < -0.39 is 5.91 Å². The summed E-state index contributed by atoms with van der Waals surface area (Å²) in [5, 5.41) is 11.9. The van der Waals surface area contributed by atoms with E-state index >= 15 is 0 Å². The van der Waals surface area contributed by atoms with Crippen molar-refractivity contribution in [2.75, 3.05) is 5.32 Å². The maximum absolute atomic E-state index is 11.8. The third kappa shape index (κ3) is 2.52. The first kappa shape index (κ1) is 12.2. The monoisotopic (exact) mass is 264 g/mol. The standard InChI is InChI=1S/C12H9ClN2O3/c13-9-5-7(1-2-11(9)17)15-12(18)8-6-14-4-3-10(8)16/h1-6,17H,(H,14,16)(H,15,18). The number of aromatic hydroxyl groups is 1. The minimum absolute atomic E-state index is 0.00157. The zero-order valence-corrected chi connectivity index (χ0v) is 9.86. The summed E-state index contributed by atoms with van der Waals surface area (Å²) in [5.41, 5.74) is 0.0175. The van der Waals surface area contributed by atoms with Gasteiger partial charge in [-0.05, 0) is 18.2 Å². The van der Waals surface area contributed by atoms with Crippen LogP contribution in [0.25, 0.3) is 0 Å². The molecule has 0 saturated heterocycles. The highest BCUT2D eigenvalue weighted by Crippen LogP contribution is 2.26. The topological polar surface area (TPSA) is 82.2 Å². The van der Waals surface area contributed by atoms with Gasteiger partial charge in [0.2, 0.25) is 0 Å². The number of H-pyrrole nitrogens is 1. The van der Waals surface area contributed by atoms with Gasteiger partial charge in [0.05, 0.1) is 5.02 Å². The van der Waals surface area contributed by atoms with Crippen LogP contribution in [0.15, 0.2) is 41.5 Å². The lowest BCUT2D eigenvalue weighted by Gasteiger charge is -2.05. The predicted molar refractivity (Wildman–Crippen MR) is 68.1 cm³/mol. The van der Waals surface area contributed by atoms with Crippen LogP contribution >= 0.6 is 11.6 Å². The maximum Gasteiger partial charge on any atom is 0.261 e. The Morgan fingerprint density at radius 1 is 1.33 bits per heavy atom. The van der Waals surface area contributed by atoms with Gasteiger partial charge in [0, 0.05) is 24.1 Å². The highest BCUT2D eigenvalue weighted by Gasteiger charge is 2.10. The lowest BCUT2D eigenvalue weighted by atomic mass is 10.2. The van der Waals surface area contributed by atoms with Crippen LogP contribution in [-0.2, 0) is 0 Å². The van der Waals surface area contributed by atoms with Crippen LogP contribution in [0.4, 0.5) is 5.69 Å². The summed E-state index contributed by atoms with van der Waals surface area (Å²) in [4.78, 5) is 25.9. The van der Waals surface area contributed by atoms with Crippen LogP contribution in [0, 0.1) is 0 Å². The number of halogens is 1. The first-order valence-corrected chi connectivity index (χ1v) is 5.42. The molecule has 18 heavy (non-hydrogen) atoms. The summed E-state index contributed by atoms with van der Waals surface area (Å²) in [6.07, 6.45) is 2.76. The van der Waals surface area contributed by atoms with E-state index in [-0.39, 0.29) is 21.8 Å². The van der Waals surface area contributed by atoms with E-state index in [2.05, 4.69) is 10.3 Å². The fourth-order valence-corrected chi connectivity index (χ4v) is 1.56. The van der Waals surface area contributed by atoms with Gasteiger partial charge in [0.25, 0.3) is 5.91 Å². The molecule has 0 aliphatic rings. The highest BCUT2D eigenvalue weighted by molar-refractivity contribution is 6.32. The molecular weight excluding hydrogens is 256 g/mol. The number of pyridine rings is 1. The van der Waals surface area contributed by atoms with E-state index in [1.54, 1.807) is 0 Å². The fraction of sp³-hybridized carbons (Fsp3) is 0. The van der Waals surface area contributed by atoms with Gasteiger partial charge >= 0.3 is 0 Å². The molecule has 0 fully saturated rings. The van der Waals surface area contributed by atoms with E-state index in [0.717, 1.165) is 0 Å². The quantitative estimate of drug-likeness (QED) is 0.726. The Balaban J connectivity index is 2.24. The minimum Gasteiger partial charge on any atom is -0.506 e. The number of nitrogens with one attached hydrogen (secondary N) is 2. The second-order valence-corrected chi connectivity index (χ2v) is 3.95. The van der Waals surface area contributed by atoms with E-state index in [1.807, 2.05) is 0 Å². The summed E-state index contributed by atoms with van der Waals surface area (Å²) in [6, 6.07) is 5.49. The number of benzene rings is 1. The number of aromatic nitrogens is 1. The van der Waals surface area contributed by atoms with Gasteiger partial charge in [0.1, 0.15) is 11.3 Å². The van der Waals surface area contributed by atoms with Crippen molar-refractivity contribution >= 4 is 23.2 Å². The molecule has 1 aromatic carbocycles. The van der Waals surface area contributed by atoms with Crippen molar-refractivity contribution in [3.8, 4) is 5.75 Å². The molecule has 0 atom stereocenters. The Hall–Kier alpha value is -2.27. The Morgan fingerprint density at radius 2 is 2.11 bits per heavy atom. The van der Waals surface area contributed by atoms with Gasteiger partial charge in [-0.25, -0.2) is 0 Å². The van der Waals surface area contributed by atoms with Crippen molar-refractivity contribution in [2.24, 2.45) is 0 Å². The van der Waals surface area contributed by atoms with Crippen molar-refractivity contribution < 1.29 is 9.90 Å². The zero-order chi connectivity index (χ0) is 13.1. The molecular formula is C12H9ClN2O3. The van der Waals surface area contributed by atoms with Crippen molar-refractivity contribution in [2.45, 2.75) is 0 Å². The SMILES string of the molecule is O=C(Nc1ccc(O)c(Cl)c1)c1c[nH]ccc1=O. The molecule has 3 N–H and O–H groups in total. The molecule has 0 saturated carbocycles. The minimum atomic E-state index is -0.543. The summed E-state index contributed by atoms with van der Waals surface area (Å²) >= 11 is 5.71. The molecule has 0 unspecified atom stereocenters. The van der Waals surface area contributed by atoms with Gasteiger partial charge in [-0.1, -0.05) is 11.6 Å². The summed E-state index contributed by atoms with van der Waals surface area (Å²) in [6.45, 7) is 0.